The van der Waals surface area contributed by atoms with Crippen molar-refractivity contribution in [1.29, 1.82) is 0 Å². The summed E-state index contributed by atoms with van der Waals surface area (Å²) in [6.07, 6.45) is 2.33. The van der Waals surface area contributed by atoms with Crippen molar-refractivity contribution in [3.8, 4) is 5.75 Å². The Balaban J connectivity index is 1.55. The monoisotopic (exact) mass is 550 g/mol. The number of amides is 1. The van der Waals surface area contributed by atoms with Gasteiger partial charge in [-0.2, -0.15) is 5.10 Å². The first-order valence-electron chi connectivity index (χ1n) is 10.2. The van der Waals surface area contributed by atoms with Gasteiger partial charge in [-0.15, -0.1) is 0 Å². The number of hydrogen-bond donors (Lipinski definition) is 1. The fraction of sp³-hybridized carbons (Fsp3) is 0.130. The number of hydrazone groups is 1. The maximum atomic E-state index is 12.3. The van der Waals surface area contributed by atoms with Crippen LogP contribution < -0.4 is 14.5 Å². The van der Waals surface area contributed by atoms with E-state index in [1.165, 1.54) is 36.5 Å². The van der Waals surface area contributed by atoms with Crippen molar-refractivity contribution < 1.29 is 22.9 Å². The number of nitrogens with one attached hydrogen (secondary N) is 1. The van der Waals surface area contributed by atoms with Gasteiger partial charge in [0.25, 0.3) is 11.6 Å². The average Bonchev–Trinajstić information content (AvgIpc) is 2.83. The molecule has 0 saturated heterocycles. The quantitative estimate of drug-likeness (QED) is 0.226. The summed E-state index contributed by atoms with van der Waals surface area (Å²) < 4.78 is 30.9. The second-order valence-corrected chi connectivity index (χ2v) is 10.2. The van der Waals surface area contributed by atoms with E-state index in [0.717, 1.165) is 16.1 Å². The highest BCUT2D eigenvalue weighted by molar-refractivity contribution is 7.92. The van der Waals surface area contributed by atoms with Crippen molar-refractivity contribution in [2.75, 3.05) is 17.1 Å². The van der Waals surface area contributed by atoms with Crippen molar-refractivity contribution in [2.45, 2.75) is 6.61 Å². The Labute approximate surface area is 217 Å². The summed E-state index contributed by atoms with van der Waals surface area (Å²) in [7, 11) is -3.83. The Morgan fingerprint density at radius 1 is 1.11 bits per heavy atom. The topological polar surface area (TPSA) is 131 Å². The van der Waals surface area contributed by atoms with Crippen LogP contribution in [0.5, 0.6) is 5.75 Å². The van der Waals surface area contributed by atoms with E-state index in [9.17, 15) is 23.3 Å². The number of anilines is 1. The van der Waals surface area contributed by atoms with Crippen LogP contribution in [0, 0.1) is 10.1 Å². The van der Waals surface area contributed by atoms with Crippen LogP contribution in [0.2, 0.25) is 10.0 Å². The molecule has 0 heterocycles. The number of nitro groups is 1. The largest absolute Gasteiger partial charge is 0.489 e. The standard InChI is InChI=1S/C23H20Cl2N4O6S/c1-36(33,34)28(22-12-18(24)6-11-21(22)25)14-23(30)27-26-13-16-4-9-20(10-5-16)35-15-17-2-7-19(8-3-17)29(31)32/h2-13H,14-15H2,1H3,(H,27,30)/b26-13-. The van der Waals surface area contributed by atoms with Gasteiger partial charge in [-0.05, 0) is 65.7 Å². The first kappa shape index (κ1) is 26.9. The van der Waals surface area contributed by atoms with Crippen LogP contribution >= 0.6 is 23.2 Å². The van der Waals surface area contributed by atoms with E-state index in [2.05, 4.69) is 10.5 Å². The zero-order valence-electron chi connectivity index (χ0n) is 18.8. The van der Waals surface area contributed by atoms with Gasteiger partial charge < -0.3 is 4.74 Å². The van der Waals surface area contributed by atoms with Crippen molar-refractivity contribution >= 4 is 56.7 Å². The molecule has 0 radical (unpaired) electrons. The molecule has 0 unspecified atom stereocenters. The molecule has 0 bridgehead atoms. The second-order valence-electron chi connectivity index (χ2n) is 7.44. The Morgan fingerprint density at radius 3 is 2.39 bits per heavy atom. The first-order valence-corrected chi connectivity index (χ1v) is 12.8. The minimum Gasteiger partial charge on any atom is -0.489 e. The summed E-state index contributed by atoms with van der Waals surface area (Å²) in [5, 5.41) is 15.0. The van der Waals surface area contributed by atoms with Gasteiger partial charge in [0.15, 0.2) is 0 Å². The van der Waals surface area contributed by atoms with Crippen molar-refractivity contribution in [1.82, 2.24) is 5.43 Å². The number of sulfonamides is 1. The maximum absolute atomic E-state index is 12.3. The number of nitrogens with zero attached hydrogens (tertiary/aromatic N) is 3. The van der Waals surface area contributed by atoms with Gasteiger partial charge in [0, 0.05) is 17.2 Å². The van der Waals surface area contributed by atoms with Gasteiger partial charge in [-0.25, -0.2) is 13.8 Å². The van der Waals surface area contributed by atoms with Gasteiger partial charge in [-0.1, -0.05) is 23.2 Å². The summed E-state index contributed by atoms with van der Waals surface area (Å²) >= 11 is 12.0. The van der Waals surface area contributed by atoms with Crippen LogP contribution in [0.25, 0.3) is 0 Å². The van der Waals surface area contributed by atoms with E-state index in [0.29, 0.717) is 11.3 Å². The van der Waals surface area contributed by atoms with Crippen LogP contribution in [0.15, 0.2) is 71.8 Å². The molecule has 0 aromatic heterocycles. The smallest absolute Gasteiger partial charge is 0.269 e. The van der Waals surface area contributed by atoms with Gasteiger partial charge in [0.2, 0.25) is 10.0 Å². The Bertz CT molecular complexity index is 1380. The van der Waals surface area contributed by atoms with Crippen molar-refractivity contribution in [3.05, 3.63) is 98.0 Å². The van der Waals surface area contributed by atoms with Gasteiger partial charge >= 0.3 is 0 Å². The summed E-state index contributed by atoms with van der Waals surface area (Å²) in [4.78, 5) is 22.6. The molecule has 36 heavy (non-hydrogen) atoms. The van der Waals surface area contributed by atoms with Crippen LogP contribution in [-0.4, -0.2) is 38.3 Å². The number of non-ortho nitro benzene ring substituents is 1. The SMILES string of the molecule is CS(=O)(=O)N(CC(=O)N/N=C\c1ccc(OCc2ccc([N+](=O)[O-])cc2)cc1)c1cc(Cl)ccc1Cl. The highest BCUT2D eigenvalue weighted by Gasteiger charge is 2.23. The van der Waals surface area contributed by atoms with Crippen LogP contribution in [0.1, 0.15) is 11.1 Å². The van der Waals surface area contributed by atoms with Crippen molar-refractivity contribution in [2.24, 2.45) is 5.10 Å². The lowest BCUT2D eigenvalue weighted by Crippen LogP contribution is -2.39. The first-order chi connectivity index (χ1) is 17.0. The molecular formula is C23H20Cl2N4O6S. The van der Waals surface area contributed by atoms with Gasteiger partial charge in [0.1, 0.15) is 18.9 Å². The van der Waals surface area contributed by atoms with E-state index in [4.69, 9.17) is 27.9 Å². The lowest BCUT2D eigenvalue weighted by atomic mass is 10.2. The van der Waals surface area contributed by atoms with Gasteiger partial charge in [-0.3, -0.25) is 19.2 Å². The molecule has 1 N–H and O–H groups in total. The minimum absolute atomic E-state index is 0.00627. The van der Waals surface area contributed by atoms with E-state index in [1.54, 1.807) is 36.4 Å². The molecule has 0 aliphatic rings. The number of carbonyl (C=O) groups excluding carboxylic acids is 1. The molecule has 3 aromatic carbocycles. The number of ether oxygens (including phenoxy) is 1. The molecule has 3 aromatic rings. The molecule has 0 atom stereocenters. The molecule has 0 aliphatic carbocycles. The van der Waals surface area contributed by atoms with E-state index < -0.39 is 27.4 Å². The third-order valence-corrected chi connectivity index (χ3v) is 6.38. The summed E-state index contributed by atoms with van der Waals surface area (Å²) in [6, 6.07) is 17.1. The summed E-state index contributed by atoms with van der Waals surface area (Å²) in [5.74, 6) is -0.118. The third-order valence-electron chi connectivity index (χ3n) is 4.70. The lowest BCUT2D eigenvalue weighted by Gasteiger charge is -2.22. The molecule has 0 fully saturated rings. The van der Waals surface area contributed by atoms with Crippen LogP contribution in [0.3, 0.4) is 0 Å². The summed E-state index contributed by atoms with van der Waals surface area (Å²) in [5.41, 5.74) is 3.79. The number of hydrogen-bond acceptors (Lipinski definition) is 7. The molecule has 0 spiro atoms. The van der Waals surface area contributed by atoms with E-state index in [-0.39, 0.29) is 28.0 Å². The summed E-state index contributed by atoms with van der Waals surface area (Å²) in [6.45, 7) is -0.319. The van der Waals surface area contributed by atoms with Crippen LogP contribution in [-0.2, 0) is 21.4 Å². The molecule has 0 saturated carbocycles. The second kappa shape index (κ2) is 11.8. The lowest BCUT2D eigenvalue weighted by molar-refractivity contribution is -0.384. The van der Waals surface area contributed by atoms with Crippen LogP contribution in [0.4, 0.5) is 11.4 Å². The average molecular weight is 551 g/mol. The fourth-order valence-corrected chi connectivity index (χ4v) is 4.23. The third kappa shape index (κ3) is 7.67. The molecule has 13 heteroatoms. The maximum Gasteiger partial charge on any atom is 0.269 e. The molecular weight excluding hydrogens is 531 g/mol. The number of halogens is 2. The molecule has 3 rings (SSSR count). The molecule has 188 valence electrons. The highest BCUT2D eigenvalue weighted by Crippen LogP contribution is 2.30. The molecule has 0 aliphatic heterocycles. The molecule has 10 nitrogen and oxygen atoms in total. The predicted molar refractivity (Wildman–Crippen MR) is 138 cm³/mol. The Kier molecular flexibility index (Phi) is 8.86. The number of rotatable bonds is 10. The Morgan fingerprint density at radius 2 is 1.78 bits per heavy atom. The zero-order chi connectivity index (χ0) is 26.3. The normalized spacial score (nSPS) is 11.3. The zero-order valence-corrected chi connectivity index (χ0v) is 21.1. The molecule has 1 amide bonds. The number of benzene rings is 3. The van der Waals surface area contributed by atoms with Crippen molar-refractivity contribution in [3.63, 3.8) is 0 Å². The van der Waals surface area contributed by atoms with Gasteiger partial charge in [0.05, 0.1) is 28.1 Å². The van der Waals surface area contributed by atoms with E-state index >= 15 is 0 Å². The Hall–Kier alpha value is -3.67. The van der Waals surface area contributed by atoms with E-state index in [1.807, 2.05) is 0 Å². The fourth-order valence-electron chi connectivity index (χ4n) is 2.93. The number of carbonyl (C=O) groups is 1. The minimum atomic E-state index is -3.83. The predicted octanol–water partition coefficient (Wildman–Crippen LogP) is 4.40. The highest BCUT2D eigenvalue weighted by atomic mass is 35.5. The number of nitro benzene ring substituents is 1.